The zero-order chi connectivity index (χ0) is 25.3. The average Bonchev–Trinajstić information content (AvgIpc) is 2.85. The zero-order valence-corrected chi connectivity index (χ0v) is 21.5. The maximum absolute atomic E-state index is 13.2. The molecule has 0 aliphatic heterocycles. The summed E-state index contributed by atoms with van der Waals surface area (Å²) in [6.07, 6.45) is 1.75. The van der Waals surface area contributed by atoms with Gasteiger partial charge < -0.3 is 10.1 Å². The number of amides is 1. The Morgan fingerprint density at radius 2 is 1.60 bits per heavy atom. The highest BCUT2D eigenvalue weighted by molar-refractivity contribution is 7.89. The third kappa shape index (κ3) is 8.09. The van der Waals surface area contributed by atoms with Gasteiger partial charge in [0.1, 0.15) is 11.8 Å². The summed E-state index contributed by atoms with van der Waals surface area (Å²) < 4.78 is 34.3. The number of halogens is 1. The predicted octanol–water partition coefficient (Wildman–Crippen LogP) is 4.77. The fourth-order valence-corrected chi connectivity index (χ4v) is 5.18. The number of nitrogens with one attached hydrogen (secondary N) is 2. The van der Waals surface area contributed by atoms with Gasteiger partial charge >= 0.3 is 0 Å². The van der Waals surface area contributed by atoms with Crippen LogP contribution in [0.2, 0.25) is 5.02 Å². The quantitative estimate of drug-likeness (QED) is 0.365. The summed E-state index contributed by atoms with van der Waals surface area (Å²) in [5.41, 5.74) is 2.03. The first-order valence-corrected chi connectivity index (χ1v) is 13.5. The van der Waals surface area contributed by atoms with E-state index in [1.54, 1.807) is 0 Å². The Balaban J connectivity index is 1.74. The molecule has 2 unspecified atom stereocenters. The molecule has 186 valence electrons. The van der Waals surface area contributed by atoms with E-state index >= 15 is 0 Å². The van der Waals surface area contributed by atoms with E-state index in [1.165, 1.54) is 23.8 Å². The Morgan fingerprint density at radius 3 is 2.20 bits per heavy atom. The van der Waals surface area contributed by atoms with Crippen molar-refractivity contribution < 1.29 is 17.9 Å². The van der Waals surface area contributed by atoms with Crippen molar-refractivity contribution in [3.8, 4) is 5.75 Å². The lowest BCUT2D eigenvalue weighted by Gasteiger charge is -2.22. The molecule has 3 aromatic carbocycles. The largest absolute Gasteiger partial charge is 0.492 e. The molecule has 6 nitrogen and oxygen atoms in total. The summed E-state index contributed by atoms with van der Waals surface area (Å²) in [4.78, 5) is 13.2. The zero-order valence-electron chi connectivity index (χ0n) is 19.9. The summed E-state index contributed by atoms with van der Waals surface area (Å²) >= 11 is 6.20. The molecule has 2 atom stereocenters. The Labute approximate surface area is 212 Å². The van der Waals surface area contributed by atoms with Gasteiger partial charge in [0.2, 0.25) is 15.9 Å². The third-order valence-electron chi connectivity index (χ3n) is 5.51. The molecule has 1 amide bonds. The first-order chi connectivity index (χ1) is 16.8. The molecule has 0 heterocycles. The van der Waals surface area contributed by atoms with Gasteiger partial charge in [-0.1, -0.05) is 72.3 Å². The summed E-state index contributed by atoms with van der Waals surface area (Å²) in [7, 11) is -4.02. The van der Waals surface area contributed by atoms with Crippen LogP contribution in [0.15, 0.2) is 83.8 Å². The second-order valence-corrected chi connectivity index (χ2v) is 10.4. The Bertz CT molecular complexity index is 1200. The van der Waals surface area contributed by atoms with Gasteiger partial charge in [0, 0.05) is 6.04 Å². The molecule has 0 aliphatic rings. The van der Waals surface area contributed by atoms with Crippen LogP contribution >= 0.6 is 11.6 Å². The molecule has 3 rings (SSSR count). The van der Waals surface area contributed by atoms with E-state index in [2.05, 4.69) is 10.0 Å². The van der Waals surface area contributed by atoms with Crippen LogP contribution in [-0.2, 0) is 27.7 Å². The maximum Gasteiger partial charge on any atom is 0.241 e. The van der Waals surface area contributed by atoms with E-state index in [0.717, 1.165) is 18.4 Å². The van der Waals surface area contributed by atoms with Crippen LogP contribution in [0.5, 0.6) is 5.75 Å². The van der Waals surface area contributed by atoms with Gasteiger partial charge in [-0.05, 0) is 62.4 Å². The smallest absolute Gasteiger partial charge is 0.241 e. The van der Waals surface area contributed by atoms with Gasteiger partial charge in [0.15, 0.2) is 0 Å². The number of aryl methyl sites for hydroxylation is 1. The van der Waals surface area contributed by atoms with Gasteiger partial charge in [-0.2, -0.15) is 4.72 Å². The van der Waals surface area contributed by atoms with Gasteiger partial charge in [-0.3, -0.25) is 4.79 Å². The van der Waals surface area contributed by atoms with Crippen molar-refractivity contribution in [2.24, 2.45) is 0 Å². The van der Waals surface area contributed by atoms with Crippen molar-refractivity contribution in [3.05, 3.63) is 95.0 Å². The number of carbonyl (C=O) groups is 1. The standard InChI is InChI=1S/C27H31ClN2O4S/c1-3-34-26-17-16-23(19-24(26)28)35(32,33)30-25(18-22-12-8-5-9-13-22)27(31)29-20(2)14-15-21-10-6-4-7-11-21/h4-13,16-17,19-20,25,30H,3,14-15,18H2,1-2H3,(H,29,31). The van der Waals surface area contributed by atoms with Crippen molar-refractivity contribution in [1.29, 1.82) is 0 Å². The minimum absolute atomic E-state index is 0.0334. The molecular weight excluding hydrogens is 484 g/mol. The highest BCUT2D eigenvalue weighted by Gasteiger charge is 2.27. The SMILES string of the molecule is CCOc1ccc(S(=O)(=O)NC(Cc2ccccc2)C(=O)NC(C)CCc2ccccc2)cc1Cl. The van der Waals surface area contributed by atoms with Crippen LogP contribution in [0.1, 0.15) is 31.4 Å². The molecular formula is C27H31ClN2O4S. The van der Waals surface area contributed by atoms with Gasteiger partial charge in [-0.15, -0.1) is 0 Å². The minimum Gasteiger partial charge on any atom is -0.492 e. The van der Waals surface area contributed by atoms with Crippen molar-refractivity contribution >= 4 is 27.5 Å². The number of hydrogen-bond acceptors (Lipinski definition) is 4. The molecule has 0 saturated carbocycles. The average molecular weight is 515 g/mol. The Morgan fingerprint density at radius 1 is 0.971 bits per heavy atom. The summed E-state index contributed by atoms with van der Waals surface area (Å²) in [6, 6.07) is 22.5. The van der Waals surface area contributed by atoms with E-state index in [0.29, 0.717) is 12.4 Å². The molecule has 0 saturated heterocycles. The molecule has 0 aliphatic carbocycles. The molecule has 0 fully saturated rings. The lowest BCUT2D eigenvalue weighted by atomic mass is 10.0. The summed E-state index contributed by atoms with van der Waals surface area (Å²) in [6.45, 7) is 4.14. The lowest BCUT2D eigenvalue weighted by molar-refractivity contribution is -0.123. The van der Waals surface area contributed by atoms with Crippen LogP contribution in [0.25, 0.3) is 0 Å². The van der Waals surface area contributed by atoms with E-state index < -0.39 is 16.1 Å². The van der Waals surface area contributed by atoms with Crippen molar-refractivity contribution in [2.45, 2.75) is 50.1 Å². The highest BCUT2D eigenvalue weighted by Crippen LogP contribution is 2.27. The van der Waals surface area contributed by atoms with Gasteiger partial charge in [-0.25, -0.2) is 8.42 Å². The van der Waals surface area contributed by atoms with Crippen LogP contribution in [0.3, 0.4) is 0 Å². The normalized spacial score (nSPS) is 13.1. The maximum atomic E-state index is 13.2. The van der Waals surface area contributed by atoms with Crippen LogP contribution in [0.4, 0.5) is 0 Å². The van der Waals surface area contributed by atoms with Crippen molar-refractivity contribution in [3.63, 3.8) is 0 Å². The van der Waals surface area contributed by atoms with Crippen molar-refractivity contribution in [2.75, 3.05) is 6.61 Å². The first-order valence-electron chi connectivity index (χ1n) is 11.6. The van der Waals surface area contributed by atoms with Crippen LogP contribution < -0.4 is 14.8 Å². The molecule has 35 heavy (non-hydrogen) atoms. The monoisotopic (exact) mass is 514 g/mol. The number of rotatable bonds is 12. The van der Waals surface area contributed by atoms with E-state index in [1.807, 2.05) is 74.5 Å². The third-order valence-corrected chi connectivity index (χ3v) is 7.27. The van der Waals surface area contributed by atoms with E-state index in [9.17, 15) is 13.2 Å². The predicted molar refractivity (Wildman–Crippen MR) is 139 cm³/mol. The topological polar surface area (TPSA) is 84.5 Å². The number of sulfonamides is 1. The van der Waals surface area contributed by atoms with Crippen LogP contribution in [0, 0.1) is 0 Å². The Kier molecular flexibility index (Phi) is 9.72. The van der Waals surface area contributed by atoms with Gasteiger partial charge in [0.25, 0.3) is 0 Å². The summed E-state index contributed by atoms with van der Waals surface area (Å²) in [5.74, 6) is 0.0222. The highest BCUT2D eigenvalue weighted by atomic mass is 35.5. The van der Waals surface area contributed by atoms with Gasteiger partial charge in [0.05, 0.1) is 16.5 Å². The second-order valence-electron chi connectivity index (χ2n) is 8.32. The Hall–Kier alpha value is -2.87. The molecule has 0 spiro atoms. The number of carbonyl (C=O) groups excluding carboxylic acids is 1. The molecule has 2 N–H and O–H groups in total. The minimum atomic E-state index is -4.02. The molecule has 3 aromatic rings. The molecule has 0 bridgehead atoms. The van der Waals surface area contributed by atoms with Crippen molar-refractivity contribution in [1.82, 2.24) is 10.0 Å². The van der Waals surface area contributed by atoms with E-state index in [-0.39, 0.29) is 28.3 Å². The first kappa shape index (κ1) is 26.7. The second kappa shape index (κ2) is 12.7. The fourth-order valence-electron chi connectivity index (χ4n) is 3.66. The summed E-state index contributed by atoms with van der Waals surface area (Å²) in [5, 5.41) is 3.16. The lowest BCUT2D eigenvalue weighted by Crippen LogP contribution is -2.50. The molecule has 0 aromatic heterocycles. The number of benzene rings is 3. The number of ether oxygens (including phenoxy) is 1. The van der Waals surface area contributed by atoms with E-state index in [4.69, 9.17) is 16.3 Å². The fraction of sp³-hybridized carbons (Fsp3) is 0.296. The van der Waals surface area contributed by atoms with Crippen LogP contribution in [-0.4, -0.2) is 33.0 Å². The number of hydrogen-bond donors (Lipinski definition) is 2. The molecule has 0 radical (unpaired) electrons. The molecule has 8 heteroatoms.